The van der Waals surface area contributed by atoms with Gasteiger partial charge in [-0.2, -0.15) is 0 Å². The first kappa shape index (κ1) is 19.4. The molecule has 5 nitrogen and oxygen atoms in total. The largest absolute Gasteiger partial charge is 0.462 e. The molecule has 1 aliphatic rings. The van der Waals surface area contributed by atoms with Crippen LogP contribution in [0.25, 0.3) is 0 Å². The van der Waals surface area contributed by atoms with Crippen LogP contribution in [0.5, 0.6) is 5.75 Å². The molecular formula is C21H21ClO5. The highest BCUT2D eigenvalue weighted by molar-refractivity contribution is 6.30. The zero-order valence-corrected chi connectivity index (χ0v) is 15.7. The topological polar surface area (TPSA) is 72.8 Å². The smallest absolute Gasteiger partial charge is 0.343 e. The van der Waals surface area contributed by atoms with Crippen molar-refractivity contribution in [2.75, 3.05) is 0 Å². The lowest BCUT2D eigenvalue weighted by Gasteiger charge is -2.33. The Morgan fingerprint density at radius 2 is 1.89 bits per heavy atom. The molecular weight excluding hydrogens is 368 g/mol. The Morgan fingerprint density at radius 3 is 2.52 bits per heavy atom. The number of rotatable bonds is 5. The fourth-order valence-electron chi connectivity index (χ4n) is 3.11. The minimum atomic E-state index is -1.00. The molecule has 2 aromatic rings. The highest BCUT2D eigenvalue weighted by atomic mass is 35.5. The summed E-state index contributed by atoms with van der Waals surface area (Å²) in [5.74, 6) is -0.359. The van der Waals surface area contributed by atoms with Crippen LogP contribution in [0.15, 0.2) is 48.5 Å². The minimum absolute atomic E-state index is 0.0389. The van der Waals surface area contributed by atoms with Gasteiger partial charge < -0.3 is 14.6 Å². The number of hydrogen-bond donors (Lipinski definition) is 1. The van der Waals surface area contributed by atoms with Gasteiger partial charge in [-0.05, 0) is 61.7 Å². The van der Waals surface area contributed by atoms with Gasteiger partial charge in [0.1, 0.15) is 11.9 Å². The predicted molar refractivity (Wildman–Crippen MR) is 101 cm³/mol. The number of aryl methyl sites for hydroxylation is 1. The van der Waals surface area contributed by atoms with Crippen LogP contribution in [-0.4, -0.2) is 28.8 Å². The molecule has 2 aromatic carbocycles. The first-order chi connectivity index (χ1) is 12.8. The van der Waals surface area contributed by atoms with Crippen LogP contribution in [0.3, 0.4) is 0 Å². The Kier molecular flexibility index (Phi) is 5.82. The lowest BCUT2D eigenvalue weighted by atomic mass is 9.89. The van der Waals surface area contributed by atoms with Gasteiger partial charge in [0.05, 0.1) is 17.6 Å². The Labute approximate surface area is 162 Å². The van der Waals surface area contributed by atoms with E-state index in [-0.39, 0.29) is 18.5 Å². The summed E-state index contributed by atoms with van der Waals surface area (Å²) in [4.78, 5) is 23.6. The van der Waals surface area contributed by atoms with E-state index in [9.17, 15) is 14.7 Å². The quantitative estimate of drug-likeness (QED) is 0.620. The summed E-state index contributed by atoms with van der Waals surface area (Å²) in [5.41, 5.74) is 0.455. The van der Waals surface area contributed by atoms with E-state index in [2.05, 4.69) is 0 Å². The second-order valence-corrected chi connectivity index (χ2v) is 7.51. The molecule has 0 radical (unpaired) electrons. The summed E-state index contributed by atoms with van der Waals surface area (Å²) in [6.45, 7) is 1.66. The van der Waals surface area contributed by atoms with Crippen molar-refractivity contribution in [2.24, 2.45) is 0 Å². The molecule has 0 amide bonds. The normalized spacial score (nSPS) is 22.2. The van der Waals surface area contributed by atoms with Gasteiger partial charge in [-0.15, -0.1) is 0 Å². The summed E-state index contributed by atoms with van der Waals surface area (Å²) < 4.78 is 10.6. The molecule has 0 aliphatic carbocycles. The molecule has 6 heteroatoms. The molecule has 0 spiro atoms. The van der Waals surface area contributed by atoms with Crippen molar-refractivity contribution in [2.45, 2.75) is 44.3 Å². The number of ether oxygens (including phenoxy) is 2. The molecule has 0 bridgehead atoms. The maximum atomic E-state index is 12.1. The number of benzene rings is 2. The van der Waals surface area contributed by atoms with E-state index < -0.39 is 11.6 Å². The number of esters is 2. The van der Waals surface area contributed by atoms with Gasteiger partial charge in [0.25, 0.3) is 0 Å². The third kappa shape index (κ3) is 5.55. The van der Waals surface area contributed by atoms with Crippen molar-refractivity contribution >= 4 is 23.5 Å². The third-order valence-corrected chi connectivity index (χ3v) is 4.71. The van der Waals surface area contributed by atoms with Crippen LogP contribution < -0.4 is 4.74 Å². The average Bonchev–Trinajstić information content (AvgIpc) is 2.60. The molecule has 0 saturated carbocycles. The fourth-order valence-corrected chi connectivity index (χ4v) is 3.23. The van der Waals surface area contributed by atoms with E-state index in [1.165, 1.54) is 0 Å². The highest BCUT2D eigenvalue weighted by Crippen LogP contribution is 2.27. The first-order valence-corrected chi connectivity index (χ1v) is 9.17. The molecule has 1 heterocycles. The number of carbonyl (C=O) groups is 2. The van der Waals surface area contributed by atoms with Crippen LogP contribution >= 0.6 is 11.6 Å². The van der Waals surface area contributed by atoms with E-state index in [4.69, 9.17) is 21.1 Å². The van der Waals surface area contributed by atoms with Gasteiger partial charge in [0.15, 0.2) is 0 Å². The minimum Gasteiger partial charge on any atom is -0.462 e. The Balaban J connectivity index is 1.53. The summed E-state index contributed by atoms with van der Waals surface area (Å²) in [6.07, 6.45) is 1.52. The number of carbonyl (C=O) groups excluding carboxylic acids is 2. The maximum Gasteiger partial charge on any atom is 0.343 e. The molecule has 27 heavy (non-hydrogen) atoms. The lowest BCUT2D eigenvalue weighted by molar-refractivity contribution is -0.168. The van der Waals surface area contributed by atoms with Crippen LogP contribution in [0.1, 0.15) is 42.1 Å². The van der Waals surface area contributed by atoms with Crippen molar-refractivity contribution < 1.29 is 24.2 Å². The van der Waals surface area contributed by atoms with Crippen LogP contribution in [0, 0.1) is 0 Å². The van der Waals surface area contributed by atoms with E-state index in [0.717, 1.165) is 5.56 Å². The monoisotopic (exact) mass is 388 g/mol. The molecule has 1 fully saturated rings. The standard InChI is InChI=1S/C21H21ClO5/c1-21(25)12-18(26-19(23)13-21)11-4-14-2-9-17(10-3-14)27-20(24)15-5-7-16(22)8-6-15/h2-3,5-10,18,25H,4,11-13H2,1H3. The van der Waals surface area contributed by atoms with E-state index >= 15 is 0 Å². The van der Waals surface area contributed by atoms with E-state index in [0.29, 0.717) is 35.6 Å². The van der Waals surface area contributed by atoms with Gasteiger partial charge in [-0.1, -0.05) is 23.7 Å². The fraction of sp³-hybridized carbons (Fsp3) is 0.333. The Morgan fingerprint density at radius 1 is 1.22 bits per heavy atom. The number of hydrogen-bond acceptors (Lipinski definition) is 5. The molecule has 2 unspecified atom stereocenters. The maximum absolute atomic E-state index is 12.1. The number of aliphatic hydroxyl groups is 1. The van der Waals surface area contributed by atoms with Crippen LogP contribution in [0.4, 0.5) is 0 Å². The molecule has 1 aliphatic heterocycles. The molecule has 0 aromatic heterocycles. The highest BCUT2D eigenvalue weighted by Gasteiger charge is 2.35. The van der Waals surface area contributed by atoms with Crippen molar-refractivity contribution in [3.05, 3.63) is 64.7 Å². The number of halogens is 1. The second-order valence-electron chi connectivity index (χ2n) is 7.07. The third-order valence-electron chi connectivity index (χ3n) is 4.46. The van der Waals surface area contributed by atoms with E-state index in [1.807, 2.05) is 12.1 Å². The van der Waals surface area contributed by atoms with E-state index in [1.54, 1.807) is 43.3 Å². The SMILES string of the molecule is CC1(O)CC(=O)OC(CCc2ccc(OC(=O)c3ccc(Cl)cc3)cc2)C1. The molecule has 2 atom stereocenters. The zero-order valence-electron chi connectivity index (χ0n) is 15.0. The summed E-state index contributed by atoms with van der Waals surface area (Å²) in [6, 6.07) is 13.7. The first-order valence-electron chi connectivity index (χ1n) is 8.79. The van der Waals surface area contributed by atoms with Crippen molar-refractivity contribution in [3.8, 4) is 5.75 Å². The van der Waals surface area contributed by atoms with Crippen molar-refractivity contribution in [1.82, 2.24) is 0 Å². The summed E-state index contributed by atoms with van der Waals surface area (Å²) in [5, 5.41) is 10.6. The summed E-state index contributed by atoms with van der Waals surface area (Å²) in [7, 11) is 0. The average molecular weight is 389 g/mol. The Bertz CT molecular complexity index is 811. The van der Waals surface area contributed by atoms with Gasteiger partial charge in [0.2, 0.25) is 0 Å². The second kappa shape index (κ2) is 8.11. The number of cyclic esters (lactones) is 1. The van der Waals surface area contributed by atoms with Crippen LogP contribution in [0.2, 0.25) is 5.02 Å². The molecule has 1 N–H and O–H groups in total. The lowest BCUT2D eigenvalue weighted by Crippen LogP contribution is -2.41. The Hall–Kier alpha value is -2.37. The molecule has 1 saturated heterocycles. The summed E-state index contributed by atoms with van der Waals surface area (Å²) >= 11 is 5.81. The predicted octanol–water partition coefficient (Wildman–Crippen LogP) is 3.95. The van der Waals surface area contributed by atoms with Gasteiger partial charge in [-0.25, -0.2) is 4.79 Å². The van der Waals surface area contributed by atoms with Gasteiger partial charge >= 0.3 is 11.9 Å². The molecule has 3 rings (SSSR count). The van der Waals surface area contributed by atoms with Gasteiger partial charge in [-0.3, -0.25) is 4.79 Å². The molecule has 142 valence electrons. The van der Waals surface area contributed by atoms with Crippen molar-refractivity contribution in [1.29, 1.82) is 0 Å². The van der Waals surface area contributed by atoms with Gasteiger partial charge in [0, 0.05) is 11.4 Å². The van der Waals surface area contributed by atoms with Crippen molar-refractivity contribution in [3.63, 3.8) is 0 Å². The zero-order chi connectivity index (χ0) is 19.4. The van der Waals surface area contributed by atoms with Crippen LogP contribution in [-0.2, 0) is 16.0 Å².